The van der Waals surface area contributed by atoms with Crippen LogP contribution in [0.1, 0.15) is 35.7 Å². The molecule has 24 heavy (non-hydrogen) atoms. The minimum atomic E-state index is -0.867. The fraction of sp³-hybridized carbons (Fsp3) is 0.389. The Bertz CT molecular complexity index is 741. The number of carboxylic acid groups (broad SMARTS) is 1. The van der Waals surface area contributed by atoms with E-state index in [2.05, 4.69) is 5.10 Å². The summed E-state index contributed by atoms with van der Waals surface area (Å²) >= 11 is 0. The molecule has 1 fully saturated rings. The molecule has 1 aliphatic heterocycles. The third-order valence-electron chi connectivity index (χ3n) is 4.57. The Morgan fingerprint density at radius 2 is 2.04 bits per heavy atom. The lowest BCUT2D eigenvalue weighted by atomic mass is 9.82. The van der Waals surface area contributed by atoms with Gasteiger partial charge in [-0.25, -0.2) is 0 Å². The molecule has 6 heteroatoms. The summed E-state index contributed by atoms with van der Waals surface area (Å²) < 4.78 is 1.73. The highest BCUT2D eigenvalue weighted by Crippen LogP contribution is 2.30. The topological polar surface area (TPSA) is 75.4 Å². The van der Waals surface area contributed by atoms with Crippen LogP contribution in [-0.2, 0) is 11.3 Å². The molecule has 1 aromatic heterocycles. The molecule has 1 atom stereocenters. The van der Waals surface area contributed by atoms with E-state index in [1.54, 1.807) is 28.9 Å². The molecule has 2 aromatic rings. The van der Waals surface area contributed by atoms with E-state index in [0.717, 1.165) is 5.56 Å². The number of benzene rings is 1. The smallest absolute Gasteiger partial charge is 0.311 e. The zero-order chi connectivity index (χ0) is 17.2. The lowest BCUT2D eigenvalue weighted by molar-refractivity contribution is -0.150. The molecule has 1 aromatic carbocycles. The van der Waals surface area contributed by atoms with Crippen LogP contribution < -0.4 is 0 Å². The van der Waals surface area contributed by atoms with E-state index in [-0.39, 0.29) is 12.5 Å². The first-order valence-corrected chi connectivity index (χ1v) is 8.07. The summed E-state index contributed by atoms with van der Waals surface area (Å²) in [5.74, 6) is -0.999. The monoisotopic (exact) mass is 327 g/mol. The van der Waals surface area contributed by atoms with Crippen LogP contribution in [0, 0.1) is 5.41 Å². The van der Waals surface area contributed by atoms with Crippen molar-refractivity contribution in [3.8, 4) is 0 Å². The van der Waals surface area contributed by atoms with Crippen molar-refractivity contribution in [1.29, 1.82) is 0 Å². The van der Waals surface area contributed by atoms with E-state index < -0.39 is 11.4 Å². The van der Waals surface area contributed by atoms with Crippen LogP contribution in [-0.4, -0.2) is 44.8 Å². The number of likely N-dealkylation sites (tertiary alicyclic amines) is 1. The van der Waals surface area contributed by atoms with E-state index in [4.69, 9.17) is 0 Å². The van der Waals surface area contributed by atoms with Gasteiger partial charge in [-0.3, -0.25) is 14.3 Å². The summed E-state index contributed by atoms with van der Waals surface area (Å²) in [4.78, 5) is 25.7. The number of hydrogen-bond acceptors (Lipinski definition) is 3. The van der Waals surface area contributed by atoms with E-state index in [9.17, 15) is 14.7 Å². The zero-order valence-corrected chi connectivity index (χ0v) is 13.7. The Morgan fingerprint density at radius 1 is 1.29 bits per heavy atom. The van der Waals surface area contributed by atoms with Crippen molar-refractivity contribution in [3.05, 3.63) is 53.9 Å². The Kier molecular flexibility index (Phi) is 4.38. The number of carboxylic acids is 1. The predicted molar refractivity (Wildman–Crippen MR) is 88.7 cm³/mol. The number of aromatic nitrogens is 2. The van der Waals surface area contributed by atoms with Crippen LogP contribution in [0.25, 0.3) is 0 Å². The van der Waals surface area contributed by atoms with Crippen molar-refractivity contribution in [2.45, 2.75) is 26.3 Å². The molecule has 0 radical (unpaired) electrons. The molecule has 0 aliphatic carbocycles. The number of nitrogens with zero attached hydrogens (tertiary/aromatic N) is 3. The Hall–Kier alpha value is -2.63. The van der Waals surface area contributed by atoms with Gasteiger partial charge in [-0.1, -0.05) is 30.3 Å². The van der Waals surface area contributed by atoms with Crippen molar-refractivity contribution in [2.75, 3.05) is 13.1 Å². The van der Waals surface area contributed by atoms with Crippen LogP contribution in [0.5, 0.6) is 0 Å². The molecule has 126 valence electrons. The van der Waals surface area contributed by atoms with Crippen LogP contribution >= 0.6 is 0 Å². The summed E-state index contributed by atoms with van der Waals surface area (Å²) in [6, 6.07) is 9.90. The van der Waals surface area contributed by atoms with Gasteiger partial charge in [-0.15, -0.1) is 0 Å². The Balaban J connectivity index is 1.70. The van der Waals surface area contributed by atoms with Gasteiger partial charge in [-0.05, 0) is 25.3 Å². The summed E-state index contributed by atoms with van der Waals surface area (Å²) in [6.07, 6.45) is 4.58. The number of carbonyl (C=O) groups is 2. The first-order chi connectivity index (χ1) is 11.5. The van der Waals surface area contributed by atoms with Gasteiger partial charge < -0.3 is 10.0 Å². The van der Waals surface area contributed by atoms with Crippen molar-refractivity contribution < 1.29 is 14.7 Å². The maximum atomic E-state index is 12.7. The number of amides is 1. The highest BCUT2D eigenvalue weighted by atomic mass is 16.4. The lowest BCUT2D eigenvalue weighted by Crippen LogP contribution is -2.48. The third-order valence-corrected chi connectivity index (χ3v) is 4.57. The van der Waals surface area contributed by atoms with Gasteiger partial charge in [0.1, 0.15) is 0 Å². The second-order valence-corrected chi connectivity index (χ2v) is 6.61. The van der Waals surface area contributed by atoms with Gasteiger partial charge in [0.05, 0.1) is 23.7 Å². The second kappa shape index (κ2) is 6.47. The minimum Gasteiger partial charge on any atom is -0.481 e. The van der Waals surface area contributed by atoms with Crippen LogP contribution in [0.4, 0.5) is 0 Å². The molecule has 6 nitrogen and oxygen atoms in total. The van der Waals surface area contributed by atoms with Crippen molar-refractivity contribution in [1.82, 2.24) is 14.7 Å². The molecule has 0 saturated carbocycles. The lowest BCUT2D eigenvalue weighted by Gasteiger charge is -2.37. The Morgan fingerprint density at radius 3 is 2.75 bits per heavy atom. The zero-order valence-electron chi connectivity index (χ0n) is 13.7. The van der Waals surface area contributed by atoms with Crippen LogP contribution in [0.15, 0.2) is 42.7 Å². The average molecular weight is 327 g/mol. The molecule has 0 spiro atoms. The minimum absolute atomic E-state index is 0.151. The molecule has 1 unspecified atom stereocenters. The van der Waals surface area contributed by atoms with Gasteiger partial charge in [-0.2, -0.15) is 5.10 Å². The van der Waals surface area contributed by atoms with Gasteiger partial charge in [0.25, 0.3) is 5.91 Å². The molecule has 1 aliphatic rings. The first kappa shape index (κ1) is 16.2. The number of aliphatic carboxylic acids is 1. The summed E-state index contributed by atoms with van der Waals surface area (Å²) in [6.45, 7) is 3.13. The molecule has 1 amide bonds. The molecular formula is C18H21N3O3. The second-order valence-electron chi connectivity index (χ2n) is 6.61. The van der Waals surface area contributed by atoms with Crippen molar-refractivity contribution in [3.63, 3.8) is 0 Å². The average Bonchev–Trinajstić information content (AvgIpc) is 3.03. The predicted octanol–water partition coefficient (Wildman–Crippen LogP) is 2.26. The molecular weight excluding hydrogens is 306 g/mol. The number of rotatable bonds is 4. The fourth-order valence-electron chi connectivity index (χ4n) is 3.10. The van der Waals surface area contributed by atoms with E-state index >= 15 is 0 Å². The van der Waals surface area contributed by atoms with Crippen LogP contribution in [0.2, 0.25) is 0 Å². The summed E-state index contributed by atoms with van der Waals surface area (Å²) in [7, 11) is 0. The number of piperidine rings is 1. The quantitative estimate of drug-likeness (QED) is 0.934. The van der Waals surface area contributed by atoms with Crippen molar-refractivity contribution in [2.24, 2.45) is 5.41 Å². The number of hydrogen-bond donors (Lipinski definition) is 1. The van der Waals surface area contributed by atoms with E-state index in [0.29, 0.717) is 31.5 Å². The van der Waals surface area contributed by atoms with Gasteiger partial charge >= 0.3 is 5.97 Å². The van der Waals surface area contributed by atoms with Gasteiger partial charge in [0.2, 0.25) is 0 Å². The fourth-order valence-corrected chi connectivity index (χ4v) is 3.10. The van der Waals surface area contributed by atoms with Gasteiger partial charge in [0, 0.05) is 19.3 Å². The Labute approximate surface area is 140 Å². The molecule has 1 N–H and O–H groups in total. The standard InChI is InChI=1S/C18H21N3O3/c1-18(17(23)24)8-5-9-20(13-18)16(22)15-10-19-21(12-15)11-14-6-3-2-4-7-14/h2-4,6-7,10,12H,5,8-9,11,13H2,1H3,(H,23,24). The third kappa shape index (κ3) is 3.32. The largest absolute Gasteiger partial charge is 0.481 e. The molecule has 1 saturated heterocycles. The highest BCUT2D eigenvalue weighted by molar-refractivity contribution is 5.94. The molecule has 0 bridgehead atoms. The maximum Gasteiger partial charge on any atom is 0.311 e. The SMILES string of the molecule is CC1(C(=O)O)CCCN(C(=O)c2cnn(Cc3ccccc3)c2)C1. The normalized spacial score (nSPS) is 20.8. The summed E-state index contributed by atoms with van der Waals surface area (Å²) in [5.41, 5.74) is 0.741. The first-order valence-electron chi connectivity index (χ1n) is 8.07. The van der Waals surface area contributed by atoms with Crippen LogP contribution in [0.3, 0.4) is 0 Å². The summed E-state index contributed by atoms with van der Waals surface area (Å²) in [5, 5.41) is 13.6. The van der Waals surface area contributed by atoms with E-state index in [1.807, 2.05) is 30.3 Å². The highest BCUT2D eigenvalue weighted by Gasteiger charge is 2.39. The van der Waals surface area contributed by atoms with E-state index in [1.165, 1.54) is 0 Å². The number of carbonyl (C=O) groups excluding carboxylic acids is 1. The van der Waals surface area contributed by atoms with Crippen molar-refractivity contribution >= 4 is 11.9 Å². The van der Waals surface area contributed by atoms with Gasteiger partial charge in [0.15, 0.2) is 0 Å². The molecule has 3 rings (SSSR count). The molecule has 2 heterocycles. The maximum absolute atomic E-state index is 12.7.